The van der Waals surface area contributed by atoms with E-state index in [1.165, 1.54) is 22.7 Å². The van der Waals surface area contributed by atoms with Crippen LogP contribution in [-0.4, -0.2) is 55.4 Å². The molecule has 0 spiro atoms. The van der Waals surface area contributed by atoms with Gasteiger partial charge in [0.15, 0.2) is 0 Å². The van der Waals surface area contributed by atoms with E-state index in [1.807, 2.05) is 18.2 Å². The maximum absolute atomic E-state index is 12.6. The van der Waals surface area contributed by atoms with Gasteiger partial charge in [-0.15, -0.1) is 20.4 Å². The molecule has 0 saturated heterocycles. The molecule has 0 aromatic carbocycles. The summed E-state index contributed by atoms with van der Waals surface area (Å²) >= 11 is 2.76. The van der Waals surface area contributed by atoms with Crippen molar-refractivity contribution in [2.24, 2.45) is 4.99 Å². The number of anilines is 2. The number of hydrogen-bond donors (Lipinski definition) is 2. The van der Waals surface area contributed by atoms with Gasteiger partial charge < -0.3 is 10.6 Å². The molecular weight excluding hydrogens is 560 g/mol. The maximum Gasteiger partial charge on any atom is 0.232 e. The quantitative estimate of drug-likeness (QED) is 0.276. The highest BCUT2D eigenvalue weighted by Crippen LogP contribution is 2.43. The van der Waals surface area contributed by atoms with Gasteiger partial charge >= 0.3 is 0 Å². The van der Waals surface area contributed by atoms with Gasteiger partial charge in [-0.2, -0.15) is 5.26 Å². The zero-order valence-electron chi connectivity index (χ0n) is 22.1. The minimum atomic E-state index is -0.265. The minimum Gasteiger partial charge on any atom is -0.300 e. The highest BCUT2D eigenvalue weighted by Gasteiger charge is 2.29. The molecule has 0 aliphatic heterocycles. The third kappa shape index (κ3) is 7.59. The molecule has 0 radical (unpaired) electrons. The molecule has 4 aromatic rings. The first kappa shape index (κ1) is 28.1. The molecule has 1 aliphatic rings. The largest absolute Gasteiger partial charge is 0.300 e. The van der Waals surface area contributed by atoms with Gasteiger partial charge in [-0.1, -0.05) is 41.2 Å². The number of nitrogens with one attached hydrogen (secondary N) is 2. The molecule has 2 amide bonds. The molecule has 4 aromatic heterocycles. The van der Waals surface area contributed by atoms with Crippen LogP contribution in [-0.2, 0) is 22.4 Å². The van der Waals surface area contributed by atoms with Crippen LogP contribution in [0.2, 0.25) is 0 Å². The van der Waals surface area contributed by atoms with Crippen LogP contribution in [0, 0.1) is 11.3 Å². The average molecular weight is 587 g/mol. The van der Waals surface area contributed by atoms with Gasteiger partial charge in [-0.05, 0) is 43.5 Å². The van der Waals surface area contributed by atoms with Crippen molar-refractivity contribution in [3.05, 3.63) is 69.2 Å². The van der Waals surface area contributed by atoms with Crippen LogP contribution in [0.5, 0.6) is 0 Å². The standard InChI is InChI=1S/C27H26N10O2S2/c1-29-15-21-10-4-8-19(31-21)13-23(39)33-27-37-35-25(41-27)17-6-2-5-16(11-17)24-34-36-26(40-24)32-22(38)12-18-7-3-9-20(14-28)30-18/h3-4,7-10,15-17H,2,5-6,11-13H2,1H3,(H,32,36,38)(H,33,37,39)/b29-15+/t16-,17?/m0/s1. The summed E-state index contributed by atoms with van der Waals surface area (Å²) in [5.74, 6) is -0.0790. The lowest BCUT2D eigenvalue weighted by molar-refractivity contribution is -0.116. The van der Waals surface area contributed by atoms with Gasteiger partial charge in [-0.3, -0.25) is 19.6 Å². The number of pyridine rings is 2. The third-order valence-electron chi connectivity index (χ3n) is 6.44. The summed E-state index contributed by atoms with van der Waals surface area (Å²) in [6.45, 7) is 0. The van der Waals surface area contributed by atoms with Crippen LogP contribution in [0.3, 0.4) is 0 Å². The number of amides is 2. The van der Waals surface area contributed by atoms with Crippen LogP contribution < -0.4 is 10.6 Å². The van der Waals surface area contributed by atoms with Gasteiger partial charge in [0.1, 0.15) is 21.8 Å². The number of hydrogen-bond acceptors (Lipinski definition) is 12. The molecule has 1 aliphatic carbocycles. The monoisotopic (exact) mass is 586 g/mol. The molecule has 5 rings (SSSR count). The predicted octanol–water partition coefficient (Wildman–Crippen LogP) is 3.90. The Hall–Kier alpha value is -4.48. The first-order chi connectivity index (χ1) is 20.0. The Morgan fingerprint density at radius 1 is 0.927 bits per heavy atom. The molecule has 1 saturated carbocycles. The van der Waals surface area contributed by atoms with E-state index in [0.29, 0.717) is 27.3 Å². The second-order valence-corrected chi connectivity index (χ2v) is 11.5. The molecule has 2 atom stereocenters. The van der Waals surface area contributed by atoms with Crippen LogP contribution in [0.15, 0.2) is 41.4 Å². The molecule has 1 fully saturated rings. The fourth-order valence-corrected chi connectivity index (χ4v) is 6.45. The second-order valence-electron chi connectivity index (χ2n) is 9.47. The third-order valence-corrected chi connectivity index (χ3v) is 8.44. The van der Waals surface area contributed by atoms with E-state index in [2.05, 4.69) is 46.0 Å². The Morgan fingerprint density at radius 2 is 1.51 bits per heavy atom. The zero-order valence-corrected chi connectivity index (χ0v) is 23.8. The number of nitrogens with zero attached hydrogens (tertiary/aromatic N) is 8. The lowest BCUT2D eigenvalue weighted by atomic mass is 9.82. The number of carbonyl (C=O) groups excluding carboxylic acids is 2. The Balaban J connectivity index is 1.15. The molecule has 14 heteroatoms. The minimum absolute atomic E-state index is 0.0441. The smallest absolute Gasteiger partial charge is 0.232 e. The highest BCUT2D eigenvalue weighted by molar-refractivity contribution is 7.15. The summed E-state index contributed by atoms with van der Waals surface area (Å²) in [6.07, 6.45) is 5.61. The van der Waals surface area contributed by atoms with E-state index in [1.54, 1.807) is 37.5 Å². The van der Waals surface area contributed by atoms with E-state index in [0.717, 1.165) is 35.7 Å². The lowest BCUT2D eigenvalue weighted by Crippen LogP contribution is -2.15. The summed E-state index contributed by atoms with van der Waals surface area (Å²) in [6, 6.07) is 12.5. The number of rotatable bonds is 9. The Morgan fingerprint density at radius 3 is 2.10 bits per heavy atom. The summed E-state index contributed by atoms with van der Waals surface area (Å²) in [7, 11) is 1.67. The zero-order chi connectivity index (χ0) is 28.6. The van der Waals surface area contributed by atoms with Gasteiger partial charge in [0.05, 0.1) is 29.9 Å². The van der Waals surface area contributed by atoms with Crippen LogP contribution in [0.1, 0.15) is 70.3 Å². The van der Waals surface area contributed by atoms with Crippen molar-refractivity contribution in [1.82, 2.24) is 30.4 Å². The molecule has 0 bridgehead atoms. The van der Waals surface area contributed by atoms with Gasteiger partial charge in [0, 0.05) is 25.1 Å². The summed E-state index contributed by atoms with van der Waals surface area (Å²) in [4.78, 5) is 37.6. The first-order valence-corrected chi connectivity index (χ1v) is 14.6. The molecule has 41 heavy (non-hydrogen) atoms. The predicted molar refractivity (Wildman–Crippen MR) is 155 cm³/mol. The fraction of sp³-hybridized carbons (Fsp3) is 0.333. The van der Waals surface area contributed by atoms with E-state index in [-0.39, 0.29) is 42.2 Å². The van der Waals surface area contributed by atoms with Crippen molar-refractivity contribution in [1.29, 1.82) is 5.26 Å². The van der Waals surface area contributed by atoms with E-state index in [9.17, 15) is 9.59 Å². The van der Waals surface area contributed by atoms with Crippen molar-refractivity contribution in [3.8, 4) is 6.07 Å². The Bertz CT molecular complexity index is 1610. The second kappa shape index (κ2) is 13.2. The topological polar surface area (TPSA) is 172 Å². The Labute approximate surface area is 244 Å². The number of aromatic nitrogens is 6. The molecule has 12 nitrogen and oxygen atoms in total. The van der Waals surface area contributed by atoms with E-state index >= 15 is 0 Å². The van der Waals surface area contributed by atoms with Gasteiger partial charge in [0.2, 0.25) is 22.1 Å². The number of aliphatic imine (C=N–C) groups is 1. The Kier molecular flexibility index (Phi) is 9.07. The number of nitriles is 1. The lowest BCUT2D eigenvalue weighted by Gasteiger charge is -2.25. The van der Waals surface area contributed by atoms with Crippen molar-refractivity contribution < 1.29 is 9.59 Å². The first-order valence-electron chi connectivity index (χ1n) is 13.0. The highest BCUT2D eigenvalue weighted by atomic mass is 32.1. The normalized spacial score (nSPS) is 16.8. The average Bonchev–Trinajstić information content (AvgIpc) is 3.63. The molecule has 1 unspecified atom stereocenters. The summed E-state index contributed by atoms with van der Waals surface area (Å²) in [5.41, 5.74) is 2.14. The van der Waals surface area contributed by atoms with Crippen LogP contribution >= 0.6 is 22.7 Å². The van der Waals surface area contributed by atoms with E-state index in [4.69, 9.17) is 5.26 Å². The number of carbonyl (C=O) groups is 2. The SMILES string of the molecule is C/N=C/c1cccc(CC(=O)Nc2nnc(C3CCC[C@H](c4nnc(NC(=O)Cc5cccc(C#N)n5)s4)C3)s2)n1. The van der Waals surface area contributed by atoms with Crippen molar-refractivity contribution in [2.75, 3.05) is 17.7 Å². The van der Waals surface area contributed by atoms with Crippen molar-refractivity contribution in [3.63, 3.8) is 0 Å². The van der Waals surface area contributed by atoms with Crippen molar-refractivity contribution >= 4 is 51.0 Å². The maximum atomic E-state index is 12.6. The summed E-state index contributed by atoms with van der Waals surface area (Å²) < 4.78 is 0. The fourth-order valence-electron chi connectivity index (χ4n) is 4.64. The molecular formula is C27H26N10O2S2. The summed E-state index contributed by atoms with van der Waals surface area (Å²) in [5, 5.41) is 34.4. The van der Waals surface area contributed by atoms with Gasteiger partial charge in [0.25, 0.3) is 0 Å². The van der Waals surface area contributed by atoms with E-state index < -0.39 is 0 Å². The van der Waals surface area contributed by atoms with Crippen LogP contribution in [0.25, 0.3) is 0 Å². The molecule has 208 valence electrons. The molecule has 2 N–H and O–H groups in total. The van der Waals surface area contributed by atoms with Gasteiger partial charge in [-0.25, -0.2) is 4.98 Å². The van der Waals surface area contributed by atoms with Crippen molar-refractivity contribution in [2.45, 2.75) is 50.4 Å². The molecule has 4 heterocycles. The van der Waals surface area contributed by atoms with Crippen LogP contribution in [0.4, 0.5) is 10.3 Å².